The van der Waals surface area contributed by atoms with Gasteiger partial charge in [-0.2, -0.15) is 4.52 Å². The van der Waals surface area contributed by atoms with Gasteiger partial charge in [-0.1, -0.05) is 30.3 Å². The maximum absolute atomic E-state index is 9.75. The van der Waals surface area contributed by atoms with E-state index in [0.29, 0.717) is 11.7 Å². The van der Waals surface area contributed by atoms with Gasteiger partial charge in [-0.3, -0.25) is 0 Å². The standard InChI is InChI=1S/C21H19N5O/c27-16-8-7-15-12-25(10-9-14(15)11-16)21-18-4-2-1-3-17(18)20-23-22-19(13-5-6-13)26(20)24-21/h1-4,7-8,11,13,27H,5-6,9-10,12H2. The zero-order chi connectivity index (χ0) is 18.0. The lowest BCUT2D eigenvalue weighted by Gasteiger charge is -2.30. The number of fused-ring (bicyclic) bond motifs is 4. The quantitative estimate of drug-likeness (QED) is 0.595. The molecule has 6 nitrogen and oxygen atoms in total. The average molecular weight is 357 g/mol. The highest BCUT2D eigenvalue weighted by molar-refractivity contribution is 6.00. The predicted molar refractivity (Wildman–Crippen MR) is 103 cm³/mol. The number of aromatic hydroxyl groups is 1. The van der Waals surface area contributed by atoms with Gasteiger partial charge in [0.15, 0.2) is 17.3 Å². The molecule has 2 aliphatic rings. The van der Waals surface area contributed by atoms with Gasteiger partial charge >= 0.3 is 0 Å². The van der Waals surface area contributed by atoms with Gasteiger partial charge in [-0.15, -0.1) is 15.3 Å². The fourth-order valence-electron chi connectivity index (χ4n) is 4.13. The molecule has 134 valence electrons. The van der Waals surface area contributed by atoms with E-state index in [4.69, 9.17) is 5.10 Å². The van der Waals surface area contributed by atoms with Crippen LogP contribution in [0.5, 0.6) is 5.75 Å². The zero-order valence-corrected chi connectivity index (χ0v) is 14.8. The van der Waals surface area contributed by atoms with Crippen molar-refractivity contribution in [2.75, 3.05) is 11.4 Å². The summed E-state index contributed by atoms with van der Waals surface area (Å²) in [5.74, 6) is 2.80. The lowest BCUT2D eigenvalue weighted by atomic mass is 9.99. The first-order valence-corrected chi connectivity index (χ1v) is 9.48. The van der Waals surface area contributed by atoms with Crippen molar-refractivity contribution in [1.29, 1.82) is 0 Å². The summed E-state index contributed by atoms with van der Waals surface area (Å²) in [6, 6.07) is 14.0. The van der Waals surface area contributed by atoms with Crippen LogP contribution in [0.2, 0.25) is 0 Å². The van der Waals surface area contributed by atoms with Crippen LogP contribution in [-0.4, -0.2) is 31.5 Å². The maximum atomic E-state index is 9.75. The van der Waals surface area contributed by atoms with E-state index in [1.807, 2.05) is 22.7 Å². The summed E-state index contributed by atoms with van der Waals surface area (Å²) in [5.41, 5.74) is 3.31. The second-order valence-electron chi connectivity index (χ2n) is 7.56. The molecule has 6 heteroatoms. The van der Waals surface area contributed by atoms with Crippen molar-refractivity contribution < 1.29 is 5.11 Å². The van der Waals surface area contributed by atoms with Crippen molar-refractivity contribution in [2.24, 2.45) is 0 Å². The van der Waals surface area contributed by atoms with Gasteiger partial charge < -0.3 is 10.0 Å². The van der Waals surface area contributed by atoms with Gasteiger partial charge in [0, 0.05) is 29.8 Å². The second kappa shape index (κ2) is 5.42. The van der Waals surface area contributed by atoms with Crippen LogP contribution in [0, 0.1) is 0 Å². The number of anilines is 1. The molecule has 0 amide bonds. The number of phenolic OH excluding ortho intramolecular Hbond substituents is 1. The number of nitrogens with zero attached hydrogens (tertiary/aromatic N) is 5. The van der Waals surface area contributed by atoms with Gasteiger partial charge in [-0.05, 0) is 42.5 Å². The molecule has 4 aromatic rings. The van der Waals surface area contributed by atoms with Crippen molar-refractivity contribution in [3.63, 3.8) is 0 Å². The molecule has 1 N–H and O–H groups in total. The van der Waals surface area contributed by atoms with E-state index >= 15 is 0 Å². The van der Waals surface area contributed by atoms with Crippen molar-refractivity contribution >= 4 is 22.2 Å². The van der Waals surface area contributed by atoms with Crippen LogP contribution in [0.3, 0.4) is 0 Å². The van der Waals surface area contributed by atoms with Crippen LogP contribution in [0.4, 0.5) is 5.82 Å². The smallest absolute Gasteiger partial charge is 0.185 e. The largest absolute Gasteiger partial charge is 0.508 e. The highest BCUT2D eigenvalue weighted by Gasteiger charge is 2.30. The second-order valence-corrected chi connectivity index (χ2v) is 7.56. The van der Waals surface area contributed by atoms with E-state index in [0.717, 1.165) is 47.6 Å². The van der Waals surface area contributed by atoms with Crippen molar-refractivity contribution in [1.82, 2.24) is 19.8 Å². The molecule has 1 aliphatic carbocycles. The first-order chi connectivity index (χ1) is 13.3. The molecule has 1 saturated carbocycles. The third kappa shape index (κ3) is 2.29. The molecule has 3 heterocycles. The topological polar surface area (TPSA) is 66.5 Å². The summed E-state index contributed by atoms with van der Waals surface area (Å²) in [6.07, 6.45) is 3.24. The number of rotatable bonds is 2. The molecule has 0 saturated heterocycles. The molecule has 0 bridgehead atoms. The van der Waals surface area contributed by atoms with Crippen LogP contribution in [0.15, 0.2) is 42.5 Å². The van der Waals surface area contributed by atoms with Crippen LogP contribution in [0.1, 0.15) is 35.7 Å². The first kappa shape index (κ1) is 15.0. The van der Waals surface area contributed by atoms with Gasteiger partial charge in [0.25, 0.3) is 0 Å². The predicted octanol–water partition coefficient (Wildman–Crippen LogP) is 3.42. The van der Waals surface area contributed by atoms with Gasteiger partial charge in [0.1, 0.15) is 5.75 Å². The lowest BCUT2D eigenvalue weighted by molar-refractivity contribution is 0.473. The molecule has 27 heavy (non-hydrogen) atoms. The highest BCUT2D eigenvalue weighted by Crippen LogP contribution is 2.40. The Morgan fingerprint density at radius 2 is 1.81 bits per heavy atom. The molecule has 1 fully saturated rings. The van der Waals surface area contributed by atoms with Crippen LogP contribution in [0.25, 0.3) is 16.4 Å². The normalized spacial score (nSPS) is 16.8. The van der Waals surface area contributed by atoms with Crippen molar-refractivity contribution in [3.05, 3.63) is 59.4 Å². The molecule has 6 rings (SSSR count). The Morgan fingerprint density at radius 1 is 0.963 bits per heavy atom. The molecule has 0 atom stereocenters. The molecule has 2 aromatic heterocycles. The third-order valence-electron chi connectivity index (χ3n) is 5.71. The van der Waals surface area contributed by atoms with E-state index in [9.17, 15) is 5.11 Å². The Bertz CT molecular complexity index is 1190. The number of benzene rings is 2. The number of hydrogen-bond donors (Lipinski definition) is 1. The Kier molecular flexibility index (Phi) is 3.01. The molecular weight excluding hydrogens is 338 g/mol. The Balaban J connectivity index is 1.53. The van der Waals surface area contributed by atoms with Crippen LogP contribution < -0.4 is 4.90 Å². The van der Waals surface area contributed by atoms with E-state index in [1.165, 1.54) is 24.0 Å². The van der Waals surface area contributed by atoms with E-state index in [1.54, 1.807) is 6.07 Å². The fourth-order valence-corrected chi connectivity index (χ4v) is 4.13. The third-order valence-corrected chi connectivity index (χ3v) is 5.71. The Labute approximate surface area is 156 Å². The summed E-state index contributed by atoms with van der Waals surface area (Å²) in [7, 11) is 0. The lowest BCUT2D eigenvalue weighted by Crippen LogP contribution is -2.31. The number of aromatic nitrogens is 4. The maximum Gasteiger partial charge on any atom is 0.185 e. The van der Waals surface area contributed by atoms with Crippen molar-refractivity contribution in [3.8, 4) is 5.75 Å². The highest BCUT2D eigenvalue weighted by atomic mass is 16.3. The van der Waals surface area contributed by atoms with Gasteiger partial charge in [-0.25, -0.2) is 0 Å². The minimum Gasteiger partial charge on any atom is -0.508 e. The van der Waals surface area contributed by atoms with Gasteiger partial charge in [0.2, 0.25) is 0 Å². The van der Waals surface area contributed by atoms with E-state index < -0.39 is 0 Å². The molecule has 0 radical (unpaired) electrons. The molecule has 2 aromatic carbocycles. The summed E-state index contributed by atoms with van der Waals surface area (Å²) in [4.78, 5) is 2.33. The van der Waals surface area contributed by atoms with Crippen LogP contribution >= 0.6 is 0 Å². The first-order valence-electron chi connectivity index (χ1n) is 9.48. The Morgan fingerprint density at radius 3 is 2.67 bits per heavy atom. The van der Waals surface area contributed by atoms with Crippen molar-refractivity contribution in [2.45, 2.75) is 31.7 Å². The fraction of sp³-hybridized carbons (Fsp3) is 0.286. The zero-order valence-electron chi connectivity index (χ0n) is 14.8. The minimum absolute atomic E-state index is 0.339. The summed E-state index contributed by atoms with van der Waals surface area (Å²) in [6.45, 7) is 1.67. The number of phenols is 1. The number of hydrogen-bond acceptors (Lipinski definition) is 5. The molecule has 1 aliphatic heterocycles. The average Bonchev–Trinajstić information content (AvgIpc) is 3.45. The summed E-state index contributed by atoms with van der Waals surface area (Å²) in [5, 5.41) is 25.9. The molecular formula is C21H19N5O. The van der Waals surface area contributed by atoms with Gasteiger partial charge in [0.05, 0.1) is 0 Å². The van der Waals surface area contributed by atoms with Crippen LogP contribution in [-0.2, 0) is 13.0 Å². The monoisotopic (exact) mass is 357 g/mol. The Hall–Kier alpha value is -3.15. The SMILES string of the molecule is Oc1ccc2c(c1)CCN(c1nn3c(C4CC4)nnc3c3ccccc13)C2. The van der Waals surface area contributed by atoms with E-state index in [2.05, 4.69) is 33.3 Å². The summed E-state index contributed by atoms with van der Waals surface area (Å²) >= 11 is 0. The molecule has 0 unspecified atom stereocenters. The minimum atomic E-state index is 0.339. The summed E-state index contributed by atoms with van der Waals surface area (Å²) < 4.78 is 1.96. The van der Waals surface area contributed by atoms with E-state index in [-0.39, 0.29) is 0 Å². The molecule has 0 spiro atoms.